The molecule has 0 unspecified atom stereocenters. The molecule has 0 aliphatic heterocycles. The number of carbonyl (C=O) groups is 3. The molecule has 0 amide bonds. The first-order valence-electron chi connectivity index (χ1n) is 4.94. The predicted molar refractivity (Wildman–Crippen MR) is 68.3 cm³/mol. The van der Waals surface area contributed by atoms with E-state index in [0.29, 0.717) is 0 Å². The number of carboxylic acids is 3. The third-order valence-electron chi connectivity index (χ3n) is 0.421. The fourth-order valence-electron chi connectivity index (χ4n) is 0.0577. The van der Waals surface area contributed by atoms with Gasteiger partial charge in [-0.2, -0.15) is 0 Å². The van der Waals surface area contributed by atoms with Crippen LogP contribution in [0.25, 0.3) is 0 Å². The van der Waals surface area contributed by atoms with Crippen LogP contribution in [-0.2, 0) is 14.4 Å². The molecule has 0 aromatic rings. The van der Waals surface area contributed by atoms with Gasteiger partial charge in [-0.05, 0) is 0 Å². The van der Waals surface area contributed by atoms with E-state index in [1.165, 1.54) is 0 Å². The van der Waals surface area contributed by atoms with Gasteiger partial charge < -0.3 is 35.7 Å². The molecule has 0 atom stereocenters. The maximum absolute atomic E-state index is 9.00. The molecule has 0 saturated carbocycles. The van der Waals surface area contributed by atoms with Crippen molar-refractivity contribution < 1.29 is 50.1 Å². The van der Waals surface area contributed by atoms with E-state index in [4.69, 9.17) is 50.1 Å². The van der Waals surface area contributed by atoms with Crippen molar-refractivity contribution in [2.75, 3.05) is 20.3 Å². The van der Waals surface area contributed by atoms with E-state index in [1.807, 2.05) is 0 Å². The normalized spacial score (nSPS) is 7.05. The van der Waals surface area contributed by atoms with Crippen molar-refractivity contribution >= 4 is 17.9 Å². The third kappa shape index (κ3) is 746. The van der Waals surface area contributed by atoms with Crippen molar-refractivity contribution in [1.29, 1.82) is 0 Å². The van der Waals surface area contributed by atoms with Crippen LogP contribution >= 0.6 is 0 Å². The molecule has 0 aliphatic rings. The maximum atomic E-state index is 9.00. The van der Waals surface area contributed by atoms with Crippen molar-refractivity contribution in [3.63, 3.8) is 0 Å². The van der Waals surface area contributed by atoms with Crippen LogP contribution in [0.5, 0.6) is 0 Å². The van der Waals surface area contributed by atoms with E-state index >= 15 is 0 Å². The summed E-state index contributed by atoms with van der Waals surface area (Å²) < 4.78 is 0. The van der Waals surface area contributed by atoms with E-state index in [1.54, 1.807) is 0 Å². The average Bonchev–Trinajstić information content (AvgIpc) is 2.28. The Morgan fingerprint density at radius 1 is 0.750 bits per heavy atom. The summed E-state index contributed by atoms with van der Waals surface area (Å²) in [6, 6.07) is 0. The molecule has 0 rings (SSSR count). The molecule has 0 aromatic carbocycles. The van der Waals surface area contributed by atoms with Crippen molar-refractivity contribution in [3.05, 3.63) is 0 Å². The number of hydrogen-bond acceptors (Lipinski definition) is 7. The monoisotopic (exact) mass is 304 g/mol. The quantitative estimate of drug-likeness (QED) is 0.306. The Bertz CT molecular complexity index is 172. The van der Waals surface area contributed by atoms with Crippen LogP contribution in [0.15, 0.2) is 0 Å². The predicted octanol–water partition coefficient (Wildman–Crippen LogP) is -1.79. The van der Waals surface area contributed by atoms with Gasteiger partial charge in [0, 0.05) is 27.9 Å². The molecule has 0 bridgehead atoms. The summed E-state index contributed by atoms with van der Waals surface area (Å²) in [6.45, 7) is 2.52. The smallest absolute Gasteiger partial charge is 0.300 e. The fraction of sp³-hybridized carbons (Fsp3) is 0.700. The van der Waals surface area contributed by atoms with E-state index in [2.05, 4.69) is 0 Å². The highest BCUT2D eigenvalue weighted by Gasteiger charge is 1.93. The third-order valence-corrected chi connectivity index (χ3v) is 0.421. The topological polar surface area (TPSA) is 193 Å². The Kier molecular flexibility index (Phi) is 46.9. The molecule has 10 nitrogen and oxygen atoms in total. The Labute approximate surface area is 116 Å². The highest BCUT2D eigenvalue weighted by atomic mass is 16.4. The second-order valence-corrected chi connectivity index (χ2v) is 2.58. The zero-order valence-electron chi connectivity index (χ0n) is 11.8. The highest BCUT2D eigenvalue weighted by molar-refractivity contribution is 5.63. The van der Waals surface area contributed by atoms with E-state index in [-0.39, 0.29) is 13.2 Å². The molecule has 20 heavy (non-hydrogen) atoms. The summed E-state index contributed by atoms with van der Waals surface area (Å²) in [4.78, 5) is 27.0. The van der Waals surface area contributed by atoms with Gasteiger partial charge in [0.05, 0.1) is 13.2 Å². The van der Waals surface area contributed by atoms with Crippen LogP contribution < -0.4 is 0 Å². The molecule has 124 valence electrons. The largest absolute Gasteiger partial charge is 0.481 e. The number of aliphatic hydroxyl groups is 4. The summed E-state index contributed by atoms with van der Waals surface area (Å²) in [5.74, 6) is -2.50. The first-order valence-corrected chi connectivity index (χ1v) is 4.94. The van der Waals surface area contributed by atoms with Gasteiger partial charge in [0.25, 0.3) is 17.9 Å². The Balaban J connectivity index is -0.0000000488. The number of aliphatic carboxylic acids is 3. The molecule has 0 spiro atoms. The SMILES string of the molecule is CC(=O)O.CC(=O)O.CC(=O)O.CO.OCC(O)CO. The van der Waals surface area contributed by atoms with Gasteiger partial charge in [-0.25, -0.2) is 0 Å². The minimum atomic E-state index is -0.954. The molecule has 0 fully saturated rings. The van der Waals surface area contributed by atoms with Gasteiger partial charge in [0.15, 0.2) is 0 Å². The van der Waals surface area contributed by atoms with Crippen molar-refractivity contribution in [3.8, 4) is 0 Å². The van der Waals surface area contributed by atoms with Crippen LogP contribution in [0.3, 0.4) is 0 Å². The van der Waals surface area contributed by atoms with E-state index in [9.17, 15) is 0 Å². The molecule has 0 aromatic heterocycles. The average molecular weight is 304 g/mol. The first kappa shape index (κ1) is 30.9. The number of aliphatic hydroxyl groups excluding tert-OH is 4. The zero-order chi connectivity index (χ0) is 17.7. The number of carboxylic acid groups (broad SMARTS) is 3. The van der Waals surface area contributed by atoms with Gasteiger partial charge >= 0.3 is 0 Å². The fourth-order valence-corrected chi connectivity index (χ4v) is 0.0577. The summed E-state index contributed by atoms with van der Waals surface area (Å²) in [5, 5.41) is 53.3. The van der Waals surface area contributed by atoms with Crippen LogP contribution in [-0.4, -0.2) is 80.1 Å². The van der Waals surface area contributed by atoms with Gasteiger partial charge in [0.1, 0.15) is 6.10 Å². The van der Waals surface area contributed by atoms with Gasteiger partial charge in [-0.1, -0.05) is 0 Å². The van der Waals surface area contributed by atoms with Gasteiger partial charge in [-0.15, -0.1) is 0 Å². The minimum Gasteiger partial charge on any atom is -0.481 e. The Hall–Kier alpha value is -1.75. The standard InChI is InChI=1S/C3H8O3.3C2H4O2.CH4O/c4-1-3(6)2-5;3*1-2(3)4;1-2/h3-6H,1-2H2;3*1H3,(H,3,4);2H,1H3. The summed E-state index contributed by atoms with van der Waals surface area (Å²) >= 11 is 0. The zero-order valence-corrected chi connectivity index (χ0v) is 11.8. The molecule has 0 heterocycles. The lowest BCUT2D eigenvalue weighted by Crippen LogP contribution is -2.15. The van der Waals surface area contributed by atoms with E-state index < -0.39 is 24.0 Å². The van der Waals surface area contributed by atoms with Crippen LogP contribution in [0, 0.1) is 0 Å². The van der Waals surface area contributed by atoms with Crippen LogP contribution in [0.4, 0.5) is 0 Å². The molecular formula is C10H24O10. The Morgan fingerprint density at radius 3 is 0.850 bits per heavy atom. The lowest BCUT2D eigenvalue weighted by molar-refractivity contribution is -0.135. The maximum Gasteiger partial charge on any atom is 0.300 e. The minimum absolute atomic E-state index is 0.365. The number of hydrogen-bond donors (Lipinski definition) is 7. The van der Waals surface area contributed by atoms with Crippen LogP contribution in [0.1, 0.15) is 20.8 Å². The summed E-state index contributed by atoms with van der Waals surface area (Å²) in [6.07, 6.45) is -0.954. The van der Waals surface area contributed by atoms with Crippen LogP contribution in [0.2, 0.25) is 0 Å². The highest BCUT2D eigenvalue weighted by Crippen LogP contribution is 1.71. The second kappa shape index (κ2) is 30.4. The molecule has 10 heteroatoms. The molecule has 0 saturated heterocycles. The molecular weight excluding hydrogens is 280 g/mol. The van der Waals surface area contributed by atoms with Crippen molar-refractivity contribution in [2.24, 2.45) is 0 Å². The van der Waals surface area contributed by atoms with Gasteiger partial charge in [-0.3, -0.25) is 14.4 Å². The molecule has 0 radical (unpaired) electrons. The van der Waals surface area contributed by atoms with Gasteiger partial charge in [0.2, 0.25) is 0 Å². The lowest BCUT2D eigenvalue weighted by Gasteiger charge is -1.96. The lowest BCUT2D eigenvalue weighted by atomic mass is 10.4. The molecule has 7 N–H and O–H groups in total. The summed E-state index contributed by atoms with van der Waals surface area (Å²) in [5.41, 5.74) is 0. The van der Waals surface area contributed by atoms with Crippen molar-refractivity contribution in [2.45, 2.75) is 26.9 Å². The van der Waals surface area contributed by atoms with E-state index in [0.717, 1.165) is 27.9 Å². The molecule has 0 aliphatic carbocycles. The first-order chi connectivity index (χ1) is 9.00. The second-order valence-electron chi connectivity index (χ2n) is 2.58. The number of rotatable bonds is 2. The Morgan fingerprint density at radius 2 is 0.850 bits per heavy atom. The summed E-state index contributed by atoms with van der Waals surface area (Å²) in [7, 11) is 1.00. The van der Waals surface area contributed by atoms with Crippen molar-refractivity contribution in [1.82, 2.24) is 0 Å².